The summed E-state index contributed by atoms with van der Waals surface area (Å²) in [6.45, 7) is 0.519. The largest absolute Gasteiger partial charge is 0.382 e. The minimum Gasteiger partial charge on any atom is -0.382 e. The standard InChI is InChI=1S/C27H18ClN7O/c28-21-3-1-2-19(10-21)22-12-26-31-32-33-35(26)24-9-8-20(11-23(22)24)27(36)25-14-30-16-34(25)15-18-6-4-17(13-29)5-7-18/h1-12,14,16,27,36H,15H2. The van der Waals surface area contributed by atoms with E-state index in [0.717, 1.165) is 27.6 Å². The molecular weight excluding hydrogens is 474 g/mol. The van der Waals surface area contributed by atoms with Crippen LogP contribution in [0.2, 0.25) is 5.02 Å². The molecule has 0 saturated heterocycles. The average Bonchev–Trinajstić information content (AvgIpc) is 3.57. The number of nitrogens with zero attached hydrogens (tertiary/aromatic N) is 7. The Hall–Kier alpha value is -4.58. The van der Waals surface area contributed by atoms with E-state index in [1.165, 1.54) is 0 Å². The zero-order valence-corrected chi connectivity index (χ0v) is 19.6. The van der Waals surface area contributed by atoms with Crippen molar-refractivity contribution in [3.8, 4) is 17.2 Å². The Balaban J connectivity index is 1.43. The first kappa shape index (κ1) is 21.9. The molecule has 1 N–H and O–H groups in total. The summed E-state index contributed by atoms with van der Waals surface area (Å²) >= 11 is 6.28. The van der Waals surface area contributed by atoms with Crippen LogP contribution in [-0.2, 0) is 6.54 Å². The van der Waals surface area contributed by atoms with Crippen LogP contribution in [-0.4, -0.2) is 34.7 Å². The van der Waals surface area contributed by atoms with Gasteiger partial charge in [-0.25, -0.2) is 4.98 Å². The minimum absolute atomic E-state index is 0.519. The molecule has 0 amide bonds. The lowest BCUT2D eigenvalue weighted by atomic mass is 9.97. The number of aliphatic hydroxyl groups excluding tert-OH is 1. The maximum absolute atomic E-state index is 11.4. The molecule has 0 radical (unpaired) electrons. The second-order valence-electron chi connectivity index (χ2n) is 8.45. The van der Waals surface area contributed by atoms with Crippen LogP contribution >= 0.6 is 11.6 Å². The molecule has 8 nitrogen and oxygen atoms in total. The van der Waals surface area contributed by atoms with Crippen molar-refractivity contribution in [2.75, 3.05) is 0 Å². The molecule has 0 aliphatic rings. The van der Waals surface area contributed by atoms with Crippen molar-refractivity contribution in [1.29, 1.82) is 5.26 Å². The topological polar surface area (TPSA) is 105 Å². The third-order valence-electron chi connectivity index (χ3n) is 6.22. The van der Waals surface area contributed by atoms with Gasteiger partial charge < -0.3 is 9.67 Å². The quantitative estimate of drug-likeness (QED) is 0.371. The molecule has 0 saturated carbocycles. The molecule has 0 bridgehead atoms. The molecule has 0 fully saturated rings. The molecule has 0 spiro atoms. The molecule has 9 heteroatoms. The Morgan fingerprint density at radius 2 is 1.89 bits per heavy atom. The Labute approximate surface area is 210 Å². The summed E-state index contributed by atoms with van der Waals surface area (Å²) in [6, 6.07) is 24.7. The van der Waals surface area contributed by atoms with Gasteiger partial charge >= 0.3 is 0 Å². The second kappa shape index (κ2) is 8.89. The van der Waals surface area contributed by atoms with Crippen LogP contribution in [0, 0.1) is 11.3 Å². The van der Waals surface area contributed by atoms with Gasteiger partial charge in [0, 0.05) is 17.0 Å². The number of tetrazole rings is 1. The summed E-state index contributed by atoms with van der Waals surface area (Å²) in [6.07, 6.45) is 2.45. The zero-order chi connectivity index (χ0) is 24.6. The van der Waals surface area contributed by atoms with Crippen LogP contribution in [0.5, 0.6) is 0 Å². The molecular formula is C27H18ClN7O. The van der Waals surface area contributed by atoms with E-state index >= 15 is 0 Å². The van der Waals surface area contributed by atoms with Gasteiger partial charge in [0.15, 0.2) is 5.65 Å². The van der Waals surface area contributed by atoms with E-state index in [4.69, 9.17) is 16.9 Å². The fourth-order valence-corrected chi connectivity index (χ4v) is 4.61. The van der Waals surface area contributed by atoms with Crippen molar-refractivity contribution in [2.45, 2.75) is 12.6 Å². The number of hydrogen-bond acceptors (Lipinski definition) is 6. The Bertz CT molecular complexity index is 1770. The Kier molecular flexibility index (Phi) is 5.41. The maximum Gasteiger partial charge on any atom is 0.180 e. The maximum atomic E-state index is 11.4. The van der Waals surface area contributed by atoms with Crippen molar-refractivity contribution in [1.82, 2.24) is 29.6 Å². The lowest BCUT2D eigenvalue weighted by Crippen LogP contribution is -2.09. The Morgan fingerprint density at radius 1 is 1.03 bits per heavy atom. The van der Waals surface area contributed by atoms with Crippen LogP contribution in [0.1, 0.15) is 28.5 Å². The zero-order valence-electron chi connectivity index (χ0n) is 18.8. The van der Waals surface area contributed by atoms with Crippen molar-refractivity contribution in [3.63, 3.8) is 0 Å². The highest BCUT2D eigenvalue weighted by molar-refractivity contribution is 6.30. The van der Waals surface area contributed by atoms with Gasteiger partial charge in [-0.15, -0.1) is 5.10 Å². The lowest BCUT2D eigenvalue weighted by Gasteiger charge is -2.16. The summed E-state index contributed by atoms with van der Waals surface area (Å²) in [7, 11) is 0. The number of hydrogen-bond donors (Lipinski definition) is 1. The third-order valence-corrected chi connectivity index (χ3v) is 6.45. The van der Waals surface area contributed by atoms with E-state index in [2.05, 4.69) is 26.6 Å². The second-order valence-corrected chi connectivity index (χ2v) is 8.89. The molecule has 6 rings (SSSR count). The molecule has 0 aliphatic carbocycles. The fourth-order valence-electron chi connectivity index (χ4n) is 4.42. The smallest absolute Gasteiger partial charge is 0.180 e. The molecule has 174 valence electrons. The van der Waals surface area contributed by atoms with Crippen LogP contribution in [0.4, 0.5) is 0 Å². The van der Waals surface area contributed by atoms with E-state index in [0.29, 0.717) is 34.0 Å². The highest BCUT2D eigenvalue weighted by Crippen LogP contribution is 2.34. The summed E-state index contributed by atoms with van der Waals surface area (Å²) in [5.41, 5.74) is 6.24. The van der Waals surface area contributed by atoms with Gasteiger partial charge in [0.1, 0.15) is 6.10 Å². The van der Waals surface area contributed by atoms with Gasteiger partial charge in [0.2, 0.25) is 0 Å². The van der Waals surface area contributed by atoms with Crippen LogP contribution in [0.3, 0.4) is 0 Å². The molecule has 3 aromatic heterocycles. The molecule has 1 unspecified atom stereocenters. The average molecular weight is 492 g/mol. The van der Waals surface area contributed by atoms with Gasteiger partial charge in [-0.05, 0) is 75.1 Å². The summed E-state index contributed by atoms with van der Waals surface area (Å²) in [5, 5.41) is 34.0. The first-order valence-electron chi connectivity index (χ1n) is 11.2. The summed E-state index contributed by atoms with van der Waals surface area (Å²) in [5.74, 6) is 0. The number of pyridine rings is 1. The van der Waals surface area contributed by atoms with Gasteiger partial charge in [0.25, 0.3) is 0 Å². The van der Waals surface area contributed by atoms with Gasteiger partial charge in [0.05, 0.1) is 35.4 Å². The predicted octanol–water partition coefficient (Wildman–Crippen LogP) is 4.80. The van der Waals surface area contributed by atoms with Crippen molar-refractivity contribution in [2.24, 2.45) is 0 Å². The lowest BCUT2D eigenvalue weighted by molar-refractivity contribution is 0.210. The van der Waals surface area contributed by atoms with Crippen molar-refractivity contribution >= 4 is 28.2 Å². The van der Waals surface area contributed by atoms with E-state index in [9.17, 15) is 5.11 Å². The molecule has 3 aromatic carbocycles. The first-order chi connectivity index (χ1) is 17.6. The predicted molar refractivity (Wildman–Crippen MR) is 135 cm³/mol. The number of aromatic nitrogens is 6. The molecule has 1 atom stereocenters. The molecule has 0 aliphatic heterocycles. The highest BCUT2D eigenvalue weighted by Gasteiger charge is 2.19. The first-order valence-corrected chi connectivity index (χ1v) is 11.6. The van der Waals surface area contributed by atoms with Crippen LogP contribution in [0.15, 0.2) is 85.3 Å². The normalized spacial score (nSPS) is 12.1. The molecule has 36 heavy (non-hydrogen) atoms. The summed E-state index contributed by atoms with van der Waals surface area (Å²) in [4.78, 5) is 4.28. The number of nitriles is 1. The number of benzene rings is 3. The van der Waals surface area contributed by atoms with Gasteiger partial charge in [-0.2, -0.15) is 9.78 Å². The van der Waals surface area contributed by atoms with Crippen LogP contribution < -0.4 is 0 Å². The van der Waals surface area contributed by atoms with Gasteiger partial charge in [-0.3, -0.25) is 0 Å². The van der Waals surface area contributed by atoms with Gasteiger partial charge in [-0.1, -0.05) is 41.9 Å². The van der Waals surface area contributed by atoms with E-state index < -0.39 is 6.10 Å². The monoisotopic (exact) mass is 491 g/mol. The number of aliphatic hydroxyl groups is 1. The van der Waals surface area contributed by atoms with E-state index in [1.54, 1.807) is 29.2 Å². The van der Waals surface area contributed by atoms with Crippen molar-refractivity contribution in [3.05, 3.63) is 113 Å². The molecule has 3 heterocycles. The van der Waals surface area contributed by atoms with E-state index in [1.807, 2.05) is 65.2 Å². The van der Waals surface area contributed by atoms with E-state index in [-0.39, 0.29) is 0 Å². The minimum atomic E-state index is -0.910. The van der Waals surface area contributed by atoms with Crippen molar-refractivity contribution < 1.29 is 5.11 Å². The Morgan fingerprint density at radius 3 is 2.69 bits per heavy atom. The number of fused-ring (bicyclic) bond motifs is 3. The fraction of sp³-hybridized carbons (Fsp3) is 0.0741. The SMILES string of the molecule is N#Cc1ccc(Cn2cncc2C(O)c2ccc3c(c2)c(-c2cccc(Cl)c2)cc2nnnn23)cc1. The highest BCUT2D eigenvalue weighted by atomic mass is 35.5. The van der Waals surface area contributed by atoms with Crippen LogP contribution in [0.25, 0.3) is 27.7 Å². The number of halogens is 1. The number of rotatable bonds is 5. The molecule has 6 aromatic rings. The third kappa shape index (κ3) is 3.86. The number of imidazole rings is 1. The summed E-state index contributed by atoms with van der Waals surface area (Å²) < 4.78 is 3.58.